The number of anilines is 1. The molecule has 2 N–H and O–H groups in total. The topological polar surface area (TPSA) is 80.0 Å². The lowest BCUT2D eigenvalue weighted by atomic mass is 9.91. The molecule has 1 atom stereocenters. The van der Waals surface area contributed by atoms with Crippen molar-refractivity contribution in [2.45, 2.75) is 51.2 Å². The van der Waals surface area contributed by atoms with Crippen molar-refractivity contribution < 1.29 is 14.3 Å². The molecule has 1 amide bonds. The Hall–Kier alpha value is -2.80. The Morgan fingerprint density at radius 3 is 2.82 bits per heavy atom. The zero-order valence-electron chi connectivity index (χ0n) is 15.9. The summed E-state index contributed by atoms with van der Waals surface area (Å²) in [6.07, 6.45) is 4.65. The van der Waals surface area contributed by atoms with Gasteiger partial charge in [0.1, 0.15) is 11.3 Å². The van der Waals surface area contributed by atoms with Gasteiger partial charge in [0.05, 0.1) is 12.0 Å². The van der Waals surface area contributed by atoms with Gasteiger partial charge >= 0.3 is 0 Å². The largest absolute Gasteiger partial charge is 0.385 e. The van der Waals surface area contributed by atoms with E-state index in [0.717, 1.165) is 36.0 Å². The van der Waals surface area contributed by atoms with Gasteiger partial charge in [-0.1, -0.05) is 18.2 Å². The molecule has 7 heteroatoms. The van der Waals surface area contributed by atoms with Gasteiger partial charge < -0.3 is 5.11 Å². The van der Waals surface area contributed by atoms with Crippen molar-refractivity contribution >= 4 is 23.0 Å². The number of nitrogens with one attached hydrogen (secondary N) is 1. The van der Waals surface area contributed by atoms with Crippen LogP contribution in [-0.4, -0.2) is 25.5 Å². The third-order valence-corrected chi connectivity index (χ3v) is 5.32. The highest BCUT2D eigenvalue weighted by Crippen LogP contribution is 2.37. The molecule has 0 spiro atoms. The van der Waals surface area contributed by atoms with E-state index in [0.29, 0.717) is 5.95 Å². The number of aromatic nitrogens is 3. The molecule has 2 heterocycles. The van der Waals surface area contributed by atoms with Crippen LogP contribution in [0.15, 0.2) is 36.5 Å². The molecular weight excluding hydrogens is 359 g/mol. The third kappa shape index (κ3) is 3.38. The van der Waals surface area contributed by atoms with E-state index in [9.17, 15) is 14.3 Å². The summed E-state index contributed by atoms with van der Waals surface area (Å²) < 4.78 is 16.0. The van der Waals surface area contributed by atoms with Gasteiger partial charge in [-0.05, 0) is 50.8 Å². The molecule has 0 unspecified atom stereocenters. The molecule has 1 saturated carbocycles. The Morgan fingerprint density at radius 2 is 2.14 bits per heavy atom. The van der Waals surface area contributed by atoms with Crippen LogP contribution in [0.1, 0.15) is 49.8 Å². The van der Waals surface area contributed by atoms with Gasteiger partial charge in [-0.25, -0.2) is 14.4 Å². The van der Waals surface area contributed by atoms with Crippen molar-refractivity contribution in [2.24, 2.45) is 0 Å². The number of amides is 1. The van der Waals surface area contributed by atoms with E-state index < -0.39 is 17.3 Å². The Morgan fingerprint density at radius 1 is 1.39 bits per heavy atom. The van der Waals surface area contributed by atoms with Crippen molar-refractivity contribution in [2.75, 3.05) is 5.32 Å². The van der Waals surface area contributed by atoms with E-state index in [1.165, 1.54) is 19.1 Å². The van der Waals surface area contributed by atoms with Crippen molar-refractivity contribution in [3.63, 3.8) is 0 Å². The van der Waals surface area contributed by atoms with E-state index in [2.05, 4.69) is 15.3 Å². The van der Waals surface area contributed by atoms with Crippen molar-refractivity contribution in [1.29, 1.82) is 0 Å². The molecule has 146 valence electrons. The van der Waals surface area contributed by atoms with Crippen molar-refractivity contribution in [1.82, 2.24) is 14.5 Å². The lowest BCUT2D eigenvalue weighted by Crippen LogP contribution is -2.30. The maximum absolute atomic E-state index is 14.0. The van der Waals surface area contributed by atoms with Gasteiger partial charge in [0.2, 0.25) is 11.9 Å². The Labute approximate surface area is 162 Å². The number of nitrogens with zero attached hydrogens (tertiary/aromatic N) is 3. The molecule has 0 saturated heterocycles. The number of fused-ring (bicyclic) bond motifs is 1. The molecule has 4 rings (SSSR count). The van der Waals surface area contributed by atoms with Crippen molar-refractivity contribution in [3.8, 4) is 0 Å². The fourth-order valence-corrected chi connectivity index (χ4v) is 3.64. The summed E-state index contributed by atoms with van der Waals surface area (Å²) in [6, 6.07) is 8.12. The third-order valence-electron chi connectivity index (χ3n) is 5.32. The van der Waals surface area contributed by atoms with E-state index in [1.807, 2.05) is 17.6 Å². The average molecular weight is 382 g/mol. The quantitative estimate of drug-likeness (QED) is 0.703. The van der Waals surface area contributed by atoms with E-state index in [1.54, 1.807) is 18.3 Å². The predicted molar refractivity (Wildman–Crippen MR) is 104 cm³/mol. The highest BCUT2D eigenvalue weighted by molar-refractivity contribution is 5.91. The zero-order valence-corrected chi connectivity index (χ0v) is 15.9. The van der Waals surface area contributed by atoms with Crippen LogP contribution in [0.25, 0.3) is 11.2 Å². The summed E-state index contributed by atoms with van der Waals surface area (Å²) in [5, 5.41) is 13.5. The summed E-state index contributed by atoms with van der Waals surface area (Å²) in [4.78, 5) is 21.7. The standard InChI is InChI=1S/C21H23FN4O2/c1-13-10-17-19(23-12-13)26(14-6-5-7-14)20(24-17)25-18(27)11-21(2,28)15-8-3-4-9-16(15)22/h3-4,8-10,12,14,28H,5-7,11H2,1-2H3,(H,24,25,27)/t21-/m0/s1. The minimum Gasteiger partial charge on any atom is -0.385 e. The highest BCUT2D eigenvalue weighted by Gasteiger charge is 2.31. The first-order valence-corrected chi connectivity index (χ1v) is 9.47. The molecule has 6 nitrogen and oxygen atoms in total. The molecule has 1 aromatic carbocycles. The molecule has 2 aromatic heterocycles. The molecule has 1 aliphatic carbocycles. The Kier molecular flexibility index (Phi) is 4.63. The van der Waals surface area contributed by atoms with Crippen LogP contribution in [0, 0.1) is 12.7 Å². The molecule has 1 fully saturated rings. The van der Waals surface area contributed by atoms with E-state index in [-0.39, 0.29) is 18.0 Å². The smallest absolute Gasteiger partial charge is 0.229 e. The normalized spacial score (nSPS) is 16.6. The number of hydrogen-bond acceptors (Lipinski definition) is 4. The van der Waals surface area contributed by atoms with Crippen LogP contribution in [-0.2, 0) is 10.4 Å². The Balaban J connectivity index is 1.61. The minimum atomic E-state index is -1.63. The van der Waals surface area contributed by atoms with E-state index >= 15 is 0 Å². The highest BCUT2D eigenvalue weighted by atomic mass is 19.1. The maximum atomic E-state index is 14.0. The number of halogens is 1. The average Bonchev–Trinajstić information content (AvgIpc) is 2.90. The number of hydrogen-bond donors (Lipinski definition) is 2. The maximum Gasteiger partial charge on any atom is 0.229 e. The van der Waals surface area contributed by atoms with Crippen LogP contribution in [0.3, 0.4) is 0 Å². The number of benzene rings is 1. The number of imidazole rings is 1. The first-order chi connectivity index (χ1) is 13.3. The molecule has 0 aliphatic heterocycles. The van der Waals surface area contributed by atoms with Gasteiger partial charge in [-0.2, -0.15) is 0 Å². The summed E-state index contributed by atoms with van der Waals surface area (Å²) in [6.45, 7) is 3.38. The Bertz CT molecular complexity index is 1040. The molecule has 0 bridgehead atoms. The summed E-state index contributed by atoms with van der Waals surface area (Å²) in [5.74, 6) is -0.547. The fraction of sp³-hybridized carbons (Fsp3) is 0.381. The predicted octanol–water partition coefficient (Wildman–Crippen LogP) is 3.84. The van der Waals surface area contributed by atoms with E-state index in [4.69, 9.17) is 0 Å². The number of aryl methyl sites for hydroxylation is 1. The summed E-state index contributed by atoms with van der Waals surface area (Å²) in [5.41, 5.74) is 0.924. The van der Waals surface area contributed by atoms with Crippen LogP contribution in [0.5, 0.6) is 0 Å². The monoisotopic (exact) mass is 382 g/mol. The van der Waals surface area contributed by atoms with Gasteiger partial charge in [0.25, 0.3) is 0 Å². The first kappa shape index (κ1) is 18.6. The second-order valence-electron chi connectivity index (χ2n) is 7.72. The number of aliphatic hydroxyl groups is 1. The number of rotatable bonds is 5. The number of carbonyl (C=O) groups excluding carboxylic acids is 1. The van der Waals surface area contributed by atoms with Gasteiger partial charge in [-0.15, -0.1) is 0 Å². The van der Waals surface area contributed by atoms with Crippen LogP contribution < -0.4 is 5.32 Å². The molecule has 0 radical (unpaired) electrons. The summed E-state index contributed by atoms with van der Waals surface area (Å²) >= 11 is 0. The molecule has 28 heavy (non-hydrogen) atoms. The lowest BCUT2D eigenvalue weighted by molar-refractivity contribution is -0.120. The zero-order chi connectivity index (χ0) is 19.9. The SMILES string of the molecule is Cc1cnc2c(c1)nc(NC(=O)C[C@](C)(O)c1ccccc1F)n2C1CCC1. The molecular formula is C21H23FN4O2. The number of carbonyl (C=O) groups is 1. The first-order valence-electron chi connectivity index (χ1n) is 9.47. The second kappa shape index (κ2) is 6.98. The lowest BCUT2D eigenvalue weighted by Gasteiger charge is -2.29. The van der Waals surface area contributed by atoms with Crippen LogP contribution >= 0.6 is 0 Å². The fourth-order valence-electron chi connectivity index (χ4n) is 3.64. The molecule has 1 aliphatic rings. The number of pyridine rings is 1. The minimum absolute atomic E-state index is 0.0925. The van der Waals surface area contributed by atoms with Gasteiger partial charge in [0.15, 0.2) is 5.65 Å². The summed E-state index contributed by atoms with van der Waals surface area (Å²) in [7, 11) is 0. The van der Waals surface area contributed by atoms with Crippen LogP contribution in [0.4, 0.5) is 10.3 Å². The van der Waals surface area contributed by atoms with Crippen molar-refractivity contribution in [3.05, 3.63) is 53.5 Å². The van der Waals surface area contributed by atoms with Crippen LogP contribution in [0.2, 0.25) is 0 Å². The van der Waals surface area contributed by atoms with Gasteiger partial charge in [0, 0.05) is 17.8 Å². The molecule has 3 aromatic rings. The van der Waals surface area contributed by atoms with Gasteiger partial charge in [-0.3, -0.25) is 14.7 Å². The second-order valence-corrected chi connectivity index (χ2v) is 7.72.